The lowest BCUT2D eigenvalue weighted by Gasteiger charge is -2.29. The van der Waals surface area contributed by atoms with Gasteiger partial charge in [-0.15, -0.1) is 0 Å². The summed E-state index contributed by atoms with van der Waals surface area (Å²) in [7, 11) is 1.06. The van der Waals surface area contributed by atoms with Crippen LogP contribution in [0.4, 0.5) is 5.69 Å². The number of rotatable bonds is 19. The molecule has 0 amide bonds. The Bertz CT molecular complexity index is 647. The van der Waals surface area contributed by atoms with Crippen molar-refractivity contribution >= 4 is 16.1 Å². The molecule has 0 N–H and O–H groups in total. The van der Waals surface area contributed by atoms with E-state index in [9.17, 15) is 13.0 Å². The molecule has 0 bridgehead atoms. The summed E-state index contributed by atoms with van der Waals surface area (Å²) in [5, 5.41) is 0. The van der Waals surface area contributed by atoms with Crippen molar-refractivity contribution in [2.75, 3.05) is 27.7 Å². The Morgan fingerprint density at radius 2 is 1.03 bits per heavy atom. The highest BCUT2D eigenvalue weighted by molar-refractivity contribution is 7.80. The highest BCUT2D eigenvalue weighted by Gasteiger charge is 2.17. The fraction of sp³-hybridized carbons (Fsp3) is 0.778. The van der Waals surface area contributed by atoms with Crippen LogP contribution in [0.25, 0.3) is 0 Å². The van der Waals surface area contributed by atoms with Crippen molar-refractivity contribution in [1.82, 2.24) is 4.48 Å². The van der Waals surface area contributed by atoms with Crippen LogP contribution in [-0.4, -0.2) is 40.7 Å². The summed E-state index contributed by atoms with van der Waals surface area (Å²) < 4.78 is 32.0. The van der Waals surface area contributed by atoms with Gasteiger partial charge < -0.3 is 4.55 Å². The lowest BCUT2D eigenvalue weighted by Crippen LogP contribution is -2.41. The molecule has 194 valence electrons. The molecule has 0 radical (unpaired) electrons. The molecule has 0 saturated heterocycles. The van der Waals surface area contributed by atoms with Gasteiger partial charge >= 0.3 is 0 Å². The monoisotopic (exact) mass is 485 g/mol. The minimum Gasteiger partial charge on any atom is -0.726 e. The van der Waals surface area contributed by atoms with Gasteiger partial charge in [-0.3, -0.25) is 8.67 Å². The zero-order valence-electron chi connectivity index (χ0n) is 21.9. The van der Waals surface area contributed by atoms with Crippen LogP contribution in [0.5, 0.6) is 0 Å². The van der Waals surface area contributed by atoms with E-state index >= 15 is 0 Å². The summed E-state index contributed by atoms with van der Waals surface area (Å²) >= 11 is 0. The van der Waals surface area contributed by atoms with E-state index < -0.39 is 10.4 Å². The van der Waals surface area contributed by atoms with Gasteiger partial charge in [-0.1, -0.05) is 115 Å². The molecule has 33 heavy (non-hydrogen) atoms. The standard InChI is InChI=1S/C26H48N.CH4O4S/c1-4-5-6-7-8-9-10-11-12-13-14-15-16-17-18-22-25-27(2,3)26-23-20-19-21-24-26;1-5-6(2,3)4/h19-21,23-24H,4-18,22,25H2,1-3H3;1H3,(H,2,3,4)/q+1;/p-1. The summed E-state index contributed by atoms with van der Waals surface area (Å²) in [6.07, 6.45) is 23.1. The van der Waals surface area contributed by atoms with Crippen LogP contribution in [0, 0.1) is 0 Å². The second-order valence-corrected chi connectivity index (χ2v) is 10.8. The highest BCUT2D eigenvalue weighted by atomic mass is 32.3. The fourth-order valence-corrected chi connectivity index (χ4v) is 4.02. The first-order valence-electron chi connectivity index (χ1n) is 13.1. The van der Waals surface area contributed by atoms with Crippen LogP contribution in [0.2, 0.25) is 0 Å². The van der Waals surface area contributed by atoms with Crippen molar-refractivity contribution in [3.05, 3.63) is 30.3 Å². The quantitative estimate of drug-likeness (QED) is 0.0875. The van der Waals surface area contributed by atoms with Crippen LogP contribution < -0.4 is 4.48 Å². The van der Waals surface area contributed by atoms with Crippen molar-refractivity contribution in [2.45, 2.75) is 110 Å². The molecule has 0 atom stereocenters. The molecule has 0 unspecified atom stereocenters. The molecular formula is C27H51NO4S. The number of quaternary nitrogens is 1. The third kappa shape index (κ3) is 21.3. The topological polar surface area (TPSA) is 66.4 Å². The minimum absolute atomic E-state index is 0.808. The van der Waals surface area contributed by atoms with Gasteiger partial charge in [-0.25, -0.2) is 8.42 Å². The molecular weight excluding hydrogens is 434 g/mol. The molecule has 5 nitrogen and oxygen atoms in total. The zero-order chi connectivity index (χ0) is 24.8. The summed E-state index contributed by atoms with van der Waals surface area (Å²) in [6.45, 7) is 3.55. The van der Waals surface area contributed by atoms with Gasteiger partial charge in [0.15, 0.2) is 0 Å². The van der Waals surface area contributed by atoms with Gasteiger partial charge in [0.1, 0.15) is 5.69 Å². The van der Waals surface area contributed by atoms with E-state index in [1.54, 1.807) is 0 Å². The molecule has 0 fully saturated rings. The van der Waals surface area contributed by atoms with Crippen molar-refractivity contribution < 1.29 is 17.2 Å². The molecule has 6 heteroatoms. The van der Waals surface area contributed by atoms with E-state index in [0.29, 0.717) is 0 Å². The number of para-hydroxylation sites is 1. The summed E-state index contributed by atoms with van der Waals surface area (Å²) in [4.78, 5) is 0. The maximum atomic E-state index is 9.22. The summed E-state index contributed by atoms with van der Waals surface area (Å²) in [5.41, 5.74) is 1.43. The Balaban J connectivity index is 0.00000150. The smallest absolute Gasteiger partial charge is 0.217 e. The molecule has 0 saturated carbocycles. The van der Waals surface area contributed by atoms with Crippen LogP contribution in [0.15, 0.2) is 30.3 Å². The highest BCUT2D eigenvalue weighted by Crippen LogP contribution is 2.19. The van der Waals surface area contributed by atoms with Crippen molar-refractivity contribution in [1.29, 1.82) is 0 Å². The van der Waals surface area contributed by atoms with Crippen LogP contribution >= 0.6 is 0 Å². The average molecular weight is 486 g/mol. The SMILES string of the molecule is CCCCCCCCCCCCCCCCCC[N+](C)(C)c1ccccc1.COS(=O)(=O)[O-]. The van der Waals surface area contributed by atoms with E-state index in [-0.39, 0.29) is 0 Å². The lowest BCUT2D eigenvalue weighted by molar-refractivity contribution is 0.314. The third-order valence-electron chi connectivity index (χ3n) is 6.23. The number of unbranched alkanes of at least 4 members (excludes halogenated alkanes) is 15. The van der Waals surface area contributed by atoms with Crippen molar-refractivity contribution in [2.24, 2.45) is 0 Å². The Hall–Kier alpha value is -0.950. The molecule has 0 spiro atoms. The van der Waals surface area contributed by atoms with Gasteiger partial charge in [0.25, 0.3) is 0 Å². The van der Waals surface area contributed by atoms with Crippen LogP contribution in [0.3, 0.4) is 0 Å². The first-order chi connectivity index (χ1) is 15.7. The molecule has 1 rings (SSSR count). The number of hydrogen-bond donors (Lipinski definition) is 0. The average Bonchev–Trinajstić information content (AvgIpc) is 2.79. The molecule has 0 heterocycles. The van der Waals surface area contributed by atoms with Crippen molar-refractivity contribution in [3.63, 3.8) is 0 Å². The van der Waals surface area contributed by atoms with Gasteiger partial charge in [0, 0.05) is 0 Å². The summed E-state index contributed by atoms with van der Waals surface area (Å²) in [6, 6.07) is 10.9. The first-order valence-corrected chi connectivity index (χ1v) is 14.5. The fourth-order valence-electron chi connectivity index (χ4n) is 4.02. The van der Waals surface area contributed by atoms with Gasteiger partial charge in [-0.05, 0) is 25.0 Å². The predicted octanol–water partition coefficient (Wildman–Crippen LogP) is 7.61. The Morgan fingerprint density at radius 3 is 1.36 bits per heavy atom. The third-order valence-corrected chi connectivity index (χ3v) is 6.64. The predicted molar refractivity (Wildman–Crippen MR) is 141 cm³/mol. The largest absolute Gasteiger partial charge is 0.726 e. The molecule has 0 aliphatic heterocycles. The van der Waals surface area contributed by atoms with E-state index in [1.165, 1.54) is 115 Å². The molecule has 0 aliphatic carbocycles. The Kier molecular flexibility index (Phi) is 19.8. The molecule has 0 aromatic heterocycles. The Labute approximate surface area is 205 Å². The number of hydrogen-bond acceptors (Lipinski definition) is 4. The van der Waals surface area contributed by atoms with E-state index in [4.69, 9.17) is 0 Å². The first kappa shape index (κ1) is 32.0. The van der Waals surface area contributed by atoms with E-state index in [0.717, 1.165) is 11.6 Å². The van der Waals surface area contributed by atoms with Gasteiger partial charge in [0.2, 0.25) is 10.4 Å². The second kappa shape index (κ2) is 20.4. The minimum atomic E-state index is -4.41. The maximum Gasteiger partial charge on any atom is 0.217 e. The van der Waals surface area contributed by atoms with Crippen LogP contribution in [-0.2, 0) is 14.6 Å². The lowest BCUT2D eigenvalue weighted by atomic mass is 10.0. The number of benzene rings is 1. The Morgan fingerprint density at radius 1 is 0.697 bits per heavy atom. The van der Waals surface area contributed by atoms with E-state index in [1.807, 2.05) is 0 Å². The molecule has 1 aromatic carbocycles. The van der Waals surface area contributed by atoms with E-state index in [2.05, 4.69) is 55.5 Å². The van der Waals surface area contributed by atoms with Gasteiger partial charge in [-0.2, -0.15) is 0 Å². The summed E-state index contributed by atoms with van der Waals surface area (Å²) in [5.74, 6) is 0. The normalized spacial score (nSPS) is 11.8. The molecule has 0 aliphatic rings. The second-order valence-electron chi connectivity index (χ2n) is 9.62. The molecule has 1 aromatic rings. The van der Waals surface area contributed by atoms with Crippen LogP contribution in [0.1, 0.15) is 110 Å². The van der Waals surface area contributed by atoms with Gasteiger partial charge in [0.05, 0.1) is 27.7 Å². The number of nitrogens with zero attached hydrogens (tertiary/aromatic N) is 1. The zero-order valence-corrected chi connectivity index (χ0v) is 22.7. The van der Waals surface area contributed by atoms with Crippen molar-refractivity contribution in [3.8, 4) is 0 Å². The maximum absolute atomic E-state index is 9.22.